The number of likely N-dealkylation sites (N-methyl/N-ethyl adjacent to an activating group) is 1. The van der Waals surface area contributed by atoms with Crippen LogP contribution in [0, 0.1) is 0 Å². The Balaban J connectivity index is 2.18. The normalized spacial score (nSPS) is 38.5. The Hall–Kier alpha value is -0.610. The molecule has 0 aromatic carbocycles. The summed E-state index contributed by atoms with van der Waals surface area (Å²) in [6.07, 6.45) is 0.931. The monoisotopic (exact) mass is 185 g/mol. The zero-order valence-electron chi connectivity index (χ0n) is 8.24. The SMILES string of the molecule is CN1CC[C@@H]2OC(C)(C)OC(=O)[C@H]21. The molecular formula is C9H15NO3. The molecule has 4 nitrogen and oxygen atoms in total. The first-order valence-electron chi connectivity index (χ1n) is 4.60. The standard InChI is InChI=1S/C9H15NO3/c1-9(2)12-6-4-5-10(3)7(6)8(11)13-9/h6-7H,4-5H2,1-3H3/t6-,7-/m0/s1. The quantitative estimate of drug-likeness (QED) is 0.511. The van der Waals surface area contributed by atoms with Gasteiger partial charge in [-0.3, -0.25) is 9.69 Å². The van der Waals surface area contributed by atoms with Crippen molar-refractivity contribution in [1.29, 1.82) is 0 Å². The van der Waals surface area contributed by atoms with Crippen LogP contribution in [0.15, 0.2) is 0 Å². The molecule has 0 saturated carbocycles. The molecule has 0 amide bonds. The van der Waals surface area contributed by atoms with Gasteiger partial charge in [0.1, 0.15) is 6.04 Å². The molecule has 2 fully saturated rings. The first-order valence-corrected chi connectivity index (χ1v) is 4.60. The first-order chi connectivity index (χ1) is 5.99. The second-order valence-corrected chi connectivity index (χ2v) is 4.19. The number of fused-ring (bicyclic) bond motifs is 1. The second kappa shape index (κ2) is 2.69. The third-order valence-electron chi connectivity index (χ3n) is 2.62. The maximum atomic E-state index is 11.6. The lowest BCUT2D eigenvalue weighted by Crippen LogP contribution is -2.53. The number of nitrogens with zero attached hydrogens (tertiary/aromatic N) is 1. The van der Waals surface area contributed by atoms with Gasteiger partial charge in [0.25, 0.3) is 0 Å². The van der Waals surface area contributed by atoms with Gasteiger partial charge >= 0.3 is 5.97 Å². The van der Waals surface area contributed by atoms with Gasteiger partial charge in [-0.15, -0.1) is 0 Å². The highest BCUT2D eigenvalue weighted by Gasteiger charge is 2.48. The van der Waals surface area contributed by atoms with Crippen LogP contribution in [0.25, 0.3) is 0 Å². The Bertz CT molecular complexity index is 239. The van der Waals surface area contributed by atoms with Crippen molar-refractivity contribution in [2.24, 2.45) is 0 Å². The van der Waals surface area contributed by atoms with E-state index in [1.54, 1.807) is 13.8 Å². The molecule has 4 heteroatoms. The van der Waals surface area contributed by atoms with Crippen LogP contribution in [-0.2, 0) is 14.3 Å². The highest BCUT2D eigenvalue weighted by atomic mass is 16.7. The summed E-state index contributed by atoms with van der Waals surface area (Å²) in [4.78, 5) is 13.5. The Morgan fingerprint density at radius 2 is 2.23 bits per heavy atom. The third kappa shape index (κ3) is 1.44. The lowest BCUT2D eigenvalue weighted by molar-refractivity contribution is -0.263. The number of ether oxygens (including phenoxy) is 2. The predicted octanol–water partition coefficient (Wildman–Crippen LogP) is 0.369. The van der Waals surface area contributed by atoms with Gasteiger partial charge in [0.2, 0.25) is 5.79 Å². The summed E-state index contributed by atoms with van der Waals surface area (Å²) in [5, 5.41) is 0. The number of rotatable bonds is 0. The molecule has 0 spiro atoms. The predicted molar refractivity (Wildman–Crippen MR) is 46.1 cm³/mol. The van der Waals surface area contributed by atoms with Gasteiger partial charge in [-0.2, -0.15) is 0 Å². The molecule has 0 aromatic heterocycles. The molecular weight excluding hydrogens is 170 g/mol. The molecule has 2 heterocycles. The second-order valence-electron chi connectivity index (χ2n) is 4.19. The molecule has 0 unspecified atom stereocenters. The fourth-order valence-corrected chi connectivity index (χ4v) is 2.06. The smallest absolute Gasteiger partial charge is 0.328 e. The van der Waals surface area contributed by atoms with Crippen LogP contribution in [0.5, 0.6) is 0 Å². The van der Waals surface area contributed by atoms with Crippen molar-refractivity contribution >= 4 is 5.97 Å². The average molecular weight is 185 g/mol. The van der Waals surface area contributed by atoms with E-state index in [-0.39, 0.29) is 18.1 Å². The molecule has 2 saturated heterocycles. The molecule has 2 atom stereocenters. The highest BCUT2D eigenvalue weighted by Crippen LogP contribution is 2.31. The van der Waals surface area contributed by atoms with Crippen molar-refractivity contribution in [2.45, 2.75) is 38.2 Å². The largest absolute Gasteiger partial charge is 0.432 e. The summed E-state index contributed by atoms with van der Waals surface area (Å²) in [5.74, 6) is -0.898. The summed E-state index contributed by atoms with van der Waals surface area (Å²) in [6, 6.07) is -0.187. The van der Waals surface area contributed by atoms with Crippen LogP contribution in [0.4, 0.5) is 0 Å². The lowest BCUT2D eigenvalue weighted by Gasteiger charge is -2.38. The Kier molecular flexibility index (Phi) is 1.85. The van der Waals surface area contributed by atoms with Gasteiger partial charge in [-0.05, 0) is 13.5 Å². The molecule has 2 aliphatic rings. The van der Waals surface area contributed by atoms with E-state index in [1.165, 1.54) is 0 Å². The van der Waals surface area contributed by atoms with E-state index in [2.05, 4.69) is 0 Å². The summed E-state index contributed by atoms with van der Waals surface area (Å²) in [5.41, 5.74) is 0. The molecule has 74 valence electrons. The molecule has 0 N–H and O–H groups in total. The van der Waals surface area contributed by atoms with Crippen molar-refractivity contribution in [3.63, 3.8) is 0 Å². The van der Waals surface area contributed by atoms with E-state index in [9.17, 15) is 4.79 Å². The van der Waals surface area contributed by atoms with Crippen molar-refractivity contribution in [1.82, 2.24) is 4.90 Å². The Labute approximate surface area is 77.8 Å². The summed E-state index contributed by atoms with van der Waals surface area (Å²) >= 11 is 0. The molecule has 13 heavy (non-hydrogen) atoms. The topological polar surface area (TPSA) is 38.8 Å². The summed E-state index contributed by atoms with van der Waals surface area (Å²) < 4.78 is 10.8. The minimum atomic E-state index is -0.747. The Morgan fingerprint density at radius 1 is 1.54 bits per heavy atom. The summed E-state index contributed by atoms with van der Waals surface area (Å²) in [6.45, 7) is 4.46. The number of hydrogen-bond donors (Lipinski definition) is 0. The van der Waals surface area contributed by atoms with Gasteiger partial charge in [-0.25, -0.2) is 0 Å². The van der Waals surface area contributed by atoms with Gasteiger partial charge in [0.05, 0.1) is 6.10 Å². The van der Waals surface area contributed by atoms with Gasteiger partial charge in [0, 0.05) is 20.4 Å². The van der Waals surface area contributed by atoms with Crippen LogP contribution in [0.3, 0.4) is 0 Å². The van der Waals surface area contributed by atoms with Gasteiger partial charge < -0.3 is 9.47 Å². The van der Waals surface area contributed by atoms with Crippen LogP contribution in [-0.4, -0.2) is 42.4 Å². The van der Waals surface area contributed by atoms with Crippen molar-refractivity contribution in [3.8, 4) is 0 Å². The maximum Gasteiger partial charge on any atom is 0.328 e. The van der Waals surface area contributed by atoms with Crippen molar-refractivity contribution in [2.75, 3.05) is 13.6 Å². The molecule has 0 radical (unpaired) electrons. The van der Waals surface area contributed by atoms with E-state index < -0.39 is 5.79 Å². The van der Waals surface area contributed by atoms with E-state index >= 15 is 0 Å². The van der Waals surface area contributed by atoms with Crippen molar-refractivity contribution in [3.05, 3.63) is 0 Å². The number of cyclic esters (lactones) is 1. The van der Waals surface area contributed by atoms with Crippen LogP contribution in [0.2, 0.25) is 0 Å². The first kappa shape index (κ1) is 8.97. The van der Waals surface area contributed by atoms with Crippen molar-refractivity contribution < 1.29 is 14.3 Å². The number of esters is 1. The average Bonchev–Trinajstić information content (AvgIpc) is 2.28. The molecule has 2 rings (SSSR count). The number of carbonyl (C=O) groups is 1. The fourth-order valence-electron chi connectivity index (χ4n) is 2.06. The fraction of sp³-hybridized carbons (Fsp3) is 0.889. The zero-order valence-corrected chi connectivity index (χ0v) is 8.24. The Morgan fingerprint density at radius 3 is 2.92 bits per heavy atom. The van der Waals surface area contributed by atoms with E-state index in [1.807, 2.05) is 11.9 Å². The highest BCUT2D eigenvalue weighted by molar-refractivity contribution is 5.78. The molecule has 0 aliphatic carbocycles. The maximum absolute atomic E-state index is 11.6. The van der Waals surface area contributed by atoms with E-state index in [0.717, 1.165) is 13.0 Å². The summed E-state index contributed by atoms with van der Waals surface area (Å²) in [7, 11) is 1.92. The zero-order chi connectivity index (χ0) is 9.64. The van der Waals surface area contributed by atoms with Crippen LogP contribution in [0.1, 0.15) is 20.3 Å². The van der Waals surface area contributed by atoms with Crippen LogP contribution < -0.4 is 0 Å². The molecule has 2 aliphatic heterocycles. The number of carbonyl (C=O) groups excluding carboxylic acids is 1. The molecule has 0 aromatic rings. The lowest BCUT2D eigenvalue weighted by atomic mass is 10.1. The van der Waals surface area contributed by atoms with E-state index in [0.29, 0.717) is 0 Å². The minimum absolute atomic E-state index is 0.0150. The number of hydrogen-bond acceptors (Lipinski definition) is 4. The third-order valence-corrected chi connectivity index (χ3v) is 2.62. The van der Waals surface area contributed by atoms with E-state index in [4.69, 9.17) is 9.47 Å². The van der Waals surface area contributed by atoms with Crippen LogP contribution >= 0.6 is 0 Å². The number of likely N-dealkylation sites (tertiary alicyclic amines) is 1. The minimum Gasteiger partial charge on any atom is -0.432 e. The van der Waals surface area contributed by atoms with Gasteiger partial charge in [-0.1, -0.05) is 0 Å². The molecule has 0 bridgehead atoms. The van der Waals surface area contributed by atoms with Gasteiger partial charge in [0.15, 0.2) is 0 Å².